The van der Waals surface area contributed by atoms with Crippen LogP contribution in [0.15, 0.2) is 103 Å². The van der Waals surface area contributed by atoms with Crippen molar-refractivity contribution < 1.29 is 13.6 Å². The van der Waals surface area contributed by atoms with Crippen molar-refractivity contribution in [2.24, 2.45) is 0 Å². The number of rotatable bonds is 0. The molecular weight excluding hydrogens is 488 g/mol. The molecule has 8 rings (SSSR count). The Balaban J connectivity index is 1.63. The van der Waals surface area contributed by atoms with Crippen LogP contribution in [0.4, 0.5) is 25.8 Å². The van der Waals surface area contributed by atoms with Crippen molar-refractivity contribution in [3.05, 3.63) is 159 Å². The Morgan fingerprint density at radius 3 is 1.79 bits per heavy atom. The van der Waals surface area contributed by atoms with Crippen LogP contribution < -0.4 is 4.90 Å². The van der Waals surface area contributed by atoms with Gasteiger partial charge in [0, 0.05) is 16.5 Å². The first-order valence-corrected chi connectivity index (χ1v) is 13.1. The predicted octanol–water partition coefficient (Wildman–Crippen LogP) is 8.31. The summed E-state index contributed by atoms with van der Waals surface area (Å²) in [4.78, 5) is 16.0. The number of carbonyl (C=O) groups is 1. The third-order valence-corrected chi connectivity index (χ3v) is 8.95. The maximum Gasteiger partial charge on any atom is 0.193 e. The Bertz CT molecular complexity index is 1850. The molecule has 188 valence electrons. The van der Waals surface area contributed by atoms with Crippen molar-refractivity contribution in [1.82, 2.24) is 0 Å². The van der Waals surface area contributed by atoms with E-state index in [0.717, 1.165) is 50.4 Å². The molecule has 0 unspecified atom stereocenters. The molecular formula is C35H23F2NO. The van der Waals surface area contributed by atoms with Gasteiger partial charge in [-0.2, -0.15) is 0 Å². The number of fused-ring (bicyclic) bond motifs is 10. The second kappa shape index (κ2) is 7.29. The summed E-state index contributed by atoms with van der Waals surface area (Å²) in [5.41, 5.74) is 7.36. The van der Waals surface area contributed by atoms with Gasteiger partial charge in [-0.05, 0) is 69.8 Å². The third kappa shape index (κ3) is 2.57. The quantitative estimate of drug-likeness (QED) is 0.204. The Labute approximate surface area is 225 Å². The molecule has 5 aromatic carbocycles. The highest BCUT2D eigenvalue weighted by atomic mass is 19.1. The lowest BCUT2D eigenvalue weighted by atomic mass is 9.56. The highest BCUT2D eigenvalue weighted by molar-refractivity contribution is 6.15. The topological polar surface area (TPSA) is 20.3 Å². The fraction of sp³-hybridized carbons (Fsp3) is 0.114. The second-order valence-electron chi connectivity index (χ2n) is 11.2. The van der Waals surface area contributed by atoms with Gasteiger partial charge in [-0.3, -0.25) is 4.79 Å². The van der Waals surface area contributed by atoms with Gasteiger partial charge in [-0.25, -0.2) is 8.78 Å². The molecule has 2 heterocycles. The van der Waals surface area contributed by atoms with Gasteiger partial charge in [0.25, 0.3) is 0 Å². The molecule has 0 radical (unpaired) electrons. The van der Waals surface area contributed by atoms with E-state index in [-0.39, 0.29) is 17.4 Å². The zero-order valence-corrected chi connectivity index (χ0v) is 21.4. The maximum absolute atomic E-state index is 15.9. The molecule has 39 heavy (non-hydrogen) atoms. The zero-order valence-electron chi connectivity index (χ0n) is 21.4. The van der Waals surface area contributed by atoms with E-state index in [1.54, 1.807) is 18.2 Å². The van der Waals surface area contributed by atoms with E-state index in [9.17, 15) is 9.18 Å². The third-order valence-electron chi connectivity index (χ3n) is 8.95. The van der Waals surface area contributed by atoms with Crippen LogP contribution in [0.25, 0.3) is 0 Å². The fourth-order valence-corrected chi connectivity index (χ4v) is 7.34. The SMILES string of the molecule is CC1(C)c2cc(F)ccc2N2c3ccccc3C3(c4ccccc4C(=O)c4ccccc43)c3cc(F)cc1c32. The number of benzene rings is 5. The first-order valence-electron chi connectivity index (χ1n) is 13.1. The van der Waals surface area contributed by atoms with Gasteiger partial charge in [0.1, 0.15) is 11.6 Å². The van der Waals surface area contributed by atoms with E-state index in [1.807, 2.05) is 80.6 Å². The first kappa shape index (κ1) is 22.4. The van der Waals surface area contributed by atoms with Crippen LogP contribution in [-0.2, 0) is 10.8 Å². The summed E-state index contributed by atoms with van der Waals surface area (Å²) in [6, 6.07) is 31.7. The molecule has 3 aliphatic rings. The Morgan fingerprint density at radius 1 is 0.564 bits per heavy atom. The van der Waals surface area contributed by atoms with Crippen LogP contribution in [0, 0.1) is 11.6 Å². The summed E-state index contributed by atoms with van der Waals surface area (Å²) in [5.74, 6) is -0.710. The first-order chi connectivity index (χ1) is 18.8. The van der Waals surface area contributed by atoms with E-state index in [4.69, 9.17) is 0 Å². The molecule has 0 N–H and O–H groups in total. The molecule has 0 bridgehead atoms. The predicted molar refractivity (Wildman–Crippen MR) is 148 cm³/mol. The normalized spacial score (nSPS) is 16.6. The number of anilines is 3. The number of ketones is 1. The second-order valence-corrected chi connectivity index (χ2v) is 11.2. The summed E-state index contributed by atoms with van der Waals surface area (Å²) >= 11 is 0. The van der Waals surface area contributed by atoms with Crippen LogP contribution >= 0.6 is 0 Å². The van der Waals surface area contributed by atoms with Crippen molar-refractivity contribution in [1.29, 1.82) is 0 Å². The van der Waals surface area contributed by atoms with Crippen molar-refractivity contribution in [3.8, 4) is 0 Å². The average Bonchev–Trinajstić information content (AvgIpc) is 2.95. The molecule has 0 atom stereocenters. The van der Waals surface area contributed by atoms with Gasteiger partial charge < -0.3 is 4.90 Å². The smallest absolute Gasteiger partial charge is 0.193 e. The summed E-state index contributed by atoms with van der Waals surface area (Å²) < 4.78 is 30.5. The maximum atomic E-state index is 15.9. The molecule has 0 aromatic heterocycles. The van der Waals surface area contributed by atoms with Gasteiger partial charge in [-0.15, -0.1) is 0 Å². The number of hydrogen-bond donors (Lipinski definition) is 0. The Kier molecular flexibility index (Phi) is 4.19. The lowest BCUT2D eigenvalue weighted by Crippen LogP contribution is -2.45. The van der Waals surface area contributed by atoms with E-state index in [2.05, 4.69) is 17.0 Å². The van der Waals surface area contributed by atoms with Crippen LogP contribution in [0.2, 0.25) is 0 Å². The summed E-state index contributed by atoms with van der Waals surface area (Å²) in [5, 5.41) is 0. The molecule has 2 aliphatic heterocycles. The van der Waals surface area contributed by atoms with Crippen molar-refractivity contribution in [2.45, 2.75) is 24.7 Å². The molecule has 2 nitrogen and oxygen atoms in total. The highest BCUT2D eigenvalue weighted by Gasteiger charge is 2.54. The van der Waals surface area contributed by atoms with Gasteiger partial charge in [-0.1, -0.05) is 80.6 Å². The summed E-state index contributed by atoms with van der Waals surface area (Å²) in [6.07, 6.45) is 0. The van der Waals surface area contributed by atoms with Crippen LogP contribution in [0.1, 0.15) is 63.1 Å². The molecule has 0 amide bonds. The zero-order chi connectivity index (χ0) is 26.7. The standard InChI is InChI=1S/C35H23F2NO/c1-34(2)27-17-20(36)15-16-31(27)38-30-14-8-7-13-26(30)35(29-19-21(37)18-28(34)32(29)38)24-11-5-3-9-22(24)33(39)23-10-4-6-12-25(23)35/h3-19H,1-2H3. The lowest BCUT2D eigenvalue weighted by Gasteiger charge is -2.52. The van der Waals surface area contributed by atoms with Crippen LogP contribution in [0.3, 0.4) is 0 Å². The fourth-order valence-electron chi connectivity index (χ4n) is 7.34. The van der Waals surface area contributed by atoms with E-state index in [0.29, 0.717) is 11.1 Å². The minimum Gasteiger partial charge on any atom is -0.309 e. The van der Waals surface area contributed by atoms with Crippen LogP contribution in [0.5, 0.6) is 0 Å². The number of nitrogens with zero attached hydrogens (tertiary/aromatic N) is 1. The van der Waals surface area contributed by atoms with Gasteiger partial charge in [0.2, 0.25) is 0 Å². The monoisotopic (exact) mass is 511 g/mol. The van der Waals surface area contributed by atoms with Gasteiger partial charge in [0.15, 0.2) is 5.78 Å². The average molecular weight is 512 g/mol. The number of para-hydroxylation sites is 1. The minimum absolute atomic E-state index is 0.0295. The molecule has 0 saturated heterocycles. The van der Waals surface area contributed by atoms with Crippen molar-refractivity contribution in [2.75, 3.05) is 4.90 Å². The molecule has 1 aliphatic carbocycles. The van der Waals surface area contributed by atoms with E-state index in [1.165, 1.54) is 6.07 Å². The Hall–Kier alpha value is -4.57. The lowest BCUT2D eigenvalue weighted by molar-refractivity contribution is 0.103. The van der Waals surface area contributed by atoms with E-state index >= 15 is 4.39 Å². The van der Waals surface area contributed by atoms with Gasteiger partial charge >= 0.3 is 0 Å². The van der Waals surface area contributed by atoms with Gasteiger partial charge in [0.05, 0.1) is 22.5 Å². The highest BCUT2D eigenvalue weighted by Crippen LogP contribution is 2.64. The summed E-state index contributed by atoms with van der Waals surface area (Å²) in [7, 11) is 0. The van der Waals surface area contributed by atoms with E-state index < -0.39 is 10.8 Å². The number of halogens is 2. The molecule has 0 fully saturated rings. The molecule has 0 saturated carbocycles. The largest absolute Gasteiger partial charge is 0.309 e. The van der Waals surface area contributed by atoms with Crippen LogP contribution in [-0.4, -0.2) is 5.78 Å². The Morgan fingerprint density at radius 2 is 1.10 bits per heavy atom. The number of carbonyl (C=O) groups excluding carboxylic acids is 1. The molecule has 1 spiro atoms. The number of hydrogen-bond acceptors (Lipinski definition) is 2. The summed E-state index contributed by atoms with van der Waals surface area (Å²) in [6.45, 7) is 4.05. The van der Waals surface area contributed by atoms with Crippen molar-refractivity contribution >= 4 is 22.8 Å². The van der Waals surface area contributed by atoms with Crippen molar-refractivity contribution in [3.63, 3.8) is 0 Å². The molecule has 5 aromatic rings. The minimum atomic E-state index is -0.923. The molecule has 4 heteroatoms.